The number of likely N-dealkylation sites (tertiary alicyclic amines) is 1. The normalized spacial score (nSPS) is 16.1. The number of piperidine rings is 1. The lowest BCUT2D eigenvalue weighted by molar-refractivity contribution is 0.0599. The topological polar surface area (TPSA) is 79.1 Å². The van der Waals surface area contributed by atoms with Crippen LogP contribution in [0.4, 0.5) is 0 Å². The molecule has 27 heavy (non-hydrogen) atoms. The summed E-state index contributed by atoms with van der Waals surface area (Å²) in [5.41, 5.74) is 0.455. The number of guanidine groups is 1. The number of carbonyl (C=O) groups is 1. The minimum atomic E-state index is -0.386. The van der Waals surface area contributed by atoms with E-state index in [1.807, 2.05) is 6.92 Å². The smallest absolute Gasteiger partial charge is 0.341 e. The van der Waals surface area contributed by atoms with Gasteiger partial charge in [-0.25, -0.2) is 9.79 Å². The van der Waals surface area contributed by atoms with Crippen LogP contribution < -0.4 is 10.6 Å². The van der Waals surface area contributed by atoms with E-state index in [2.05, 4.69) is 34.4 Å². The zero-order chi connectivity index (χ0) is 19.1. The van der Waals surface area contributed by atoms with Crippen molar-refractivity contribution < 1.29 is 13.9 Å². The molecule has 154 valence electrons. The zero-order valence-electron chi connectivity index (χ0n) is 17.0. The highest BCUT2D eigenvalue weighted by Crippen LogP contribution is 2.17. The van der Waals surface area contributed by atoms with Gasteiger partial charge >= 0.3 is 5.97 Å². The van der Waals surface area contributed by atoms with Crippen molar-refractivity contribution in [1.29, 1.82) is 0 Å². The third-order valence-electron chi connectivity index (χ3n) is 4.71. The van der Waals surface area contributed by atoms with Crippen molar-refractivity contribution >= 4 is 35.9 Å². The molecule has 1 aromatic rings. The highest BCUT2D eigenvalue weighted by atomic mass is 127. The van der Waals surface area contributed by atoms with Gasteiger partial charge in [-0.1, -0.05) is 0 Å². The molecule has 0 radical (unpaired) electrons. The number of nitrogens with one attached hydrogen (secondary N) is 2. The molecule has 0 aromatic carbocycles. The Morgan fingerprint density at radius 1 is 1.41 bits per heavy atom. The molecule has 0 atom stereocenters. The Morgan fingerprint density at radius 3 is 2.63 bits per heavy atom. The van der Waals surface area contributed by atoms with Crippen LogP contribution >= 0.6 is 24.0 Å². The lowest BCUT2D eigenvalue weighted by atomic mass is 10.0. The van der Waals surface area contributed by atoms with Gasteiger partial charge in [0.1, 0.15) is 23.6 Å². The molecule has 2 heterocycles. The number of nitrogens with zero attached hydrogens (tertiary/aromatic N) is 2. The number of aryl methyl sites for hydroxylation is 1. The van der Waals surface area contributed by atoms with Gasteiger partial charge in [0.15, 0.2) is 5.96 Å². The van der Waals surface area contributed by atoms with E-state index in [-0.39, 0.29) is 29.9 Å². The van der Waals surface area contributed by atoms with Crippen LogP contribution in [0.25, 0.3) is 0 Å². The van der Waals surface area contributed by atoms with Gasteiger partial charge in [0.25, 0.3) is 0 Å². The van der Waals surface area contributed by atoms with Crippen LogP contribution in [0.3, 0.4) is 0 Å². The Kier molecular flexibility index (Phi) is 10.1. The Morgan fingerprint density at radius 2 is 2.07 bits per heavy atom. The molecule has 2 N–H and O–H groups in total. The molecule has 1 aliphatic heterocycles. The standard InChI is InChI=1S/C19H32N4O3.HI/c1-6-20-19(22-15-7-9-23(10-8-15)13(2)3)21-12-16-11-17(14(4)26-16)18(24)25-5;/h11,13,15H,6-10,12H2,1-5H3,(H2,20,21,22);1H. The molecular formula is C19H33IN4O3. The first-order valence-corrected chi connectivity index (χ1v) is 9.41. The lowest BCUT2D eigenvalue weighted by Crippen LogP contribution is -2.49. The van der Waals surface area contributed by atoms with Gasteiger partial charge in [-0.05, 0) is 46.6 Å². The number of aliphatic imine (C=N–C) groups is 1. The van der Waals surface area contributed by atoms with Crippen LogP contribution in [0, 0.1) is 6.92 Å². The first kappa shape index (κ1) is 23.7. The Balaban J connectivity index is 0.00000364. The van der Waals surface area contributed by atoms with Crippen molar-refractivity contribution in [1.82, 2.24) is 15.5 Å². The summed E-state index contributed by atoms with van der Waals surface area (Å²) >= 11 is 0. The number of rotatable bonds is 6. The second kappa shape index (κ2) is 11.5. The first-order valence-electron chi connectivity index (χ1n) is 9.41. The number of esters is 1. The zero-order valence-corrected chi connectivity index (χ0v) is 19.3. The molecule has 0 aliphatic carbocycles. The van der Waals surface area contributed by atoms with Crippen LogP contribution in [0.1, 0.15) is 55.5 Å². The summed E-state index contributed by atoms with van der Waals surface area (Å²) in [5, 5.41) is 6.80. The fraction of sp³-hybridized carbons (Fsp3) is 0.684. The van der Waals surface area contributed by atoms with E-state index in [1.54, 1.807) is 13.0 Å². The second-order valence-corrected chi connectivity index (χ2v) is 6.92. The summed E-state index contributed by atoms with van der Waals surface area (Å²) in [6.45, 7) is 11.7. The molecule has 1 fully saturated rings. The second-order valence-electron chi connectivity index (χ2n) is 6.92. The Bertz CT molecular complexity index is 622. The van der Waals surface area contributed by atoms with Crippen LogP contribution in [0.15, 0.2) is 15.5 Å². The van der Waals surface area contributed by atoms with E-state index in [0.29, 0.717) is 35.7 Å². The van der Waals surface area contributed by atoms with Crippen LogP contribution in [-0.4, -0.2) is 55.7 Å². The van der Waals surface area contributed by atoms with Crippen molar-refractivity contribution in [2.45, 2.75) is 59.2 Å². The maximum atomic E-state index is 11.7. The van der Waals surface area contributed by atoms with Gasteiger partial charge in [-0.15, -0.1) is 24.0 Å². The molecule has 0 spiro atoms. The largest absolute Gasteiger partial charge is 0.465 e. The van der Waals surface area contributed by atoms with Gasteiger partial charge < -0.3 is 24.7 Å². The molecule has 1 saturated heterocycles. The van der Waals surface area contributed by atoms with E-state index in [4.69, 9.17) is 9.15 Å². The van der Waals surface area contributed by atoms with Crippen LogP contribution in [-0.2, 0) is 11.3 Å². The summed E-state index contributed by atoms with van der Waals surface area (Å²) in [6, 6.07) is 2.73. The third kappa shape index (κ3) is 6.99. The summed E-state index contributed by atoms with van der Waals surface area (Å²) in [7, 11) is 1.37. The molecule has 0 amide bonds. The van der Waals surface area contributed by atoms with Gasteiger partial charge in [0.2, 0.25) is 0 Å². The molecule has 2 rings (SSSR count). The molecule has 1 aromatic heterocycles. The van der Waals surface area contributed by atoms with Crippen LogP contribution in [0.2, 0.25) is 0 Å². The number of ether oxygens (including phenoxy) is 1. The van der Waals surface area contributed by atoms with E-state index < -0.39 is 0 Å². The summed E-state index contributed by atoms with van der Waals surface area (Å²) < 4.78 is 10.4. The van der Waals surface area contributed by atoms with Crippen molar-refractivity contribution in [3.8, 4) is 0 Å². The highest BCUT2D eigenvalue weighted by molar-refractivity contribution is 14.0. The number of carbonyl (C=O) groups excluding carboxylic acids is 1. The lowest BCUT2D eigenvalue weighted by Gasteiger charge is -2.35. The fourth-order valence-electron chi connectivity index (χ4n) is 3.16. The van der Waals surface area contributed by atoms with E-state index in [0.717, 1.165) is 38.4 Å². The molecule has 0 saturated carbocycles. The molecule has 1 aliphatic rings. The monoisotopic (exact) mass is 492 g/mol. The quantitative estimate of drug-likeness (QED) is 0.275. The van der Waals surface area contributed by atoms with Gasteiger partial charge in [-0.2, -0.15) is 0 Å². The average molecular weight is 492 g/mol. The minimum Gasteiger partial charge on any atom is -0.465 e. The molecular weight excluding hydrogens is 459 g/mol. The summed E-state index contributed by atoms with van der Waals surface area (Å²) in [6.07, 6.45) is 2.21. The number of halogens is 1. The number of furan rings is 1. The maximum Gasteiger partial charge on any atom is 0.341 e. The van der Waals surface area contributed by atoms with E-state index in [1.165, 1.54) is 7.11 Å². The van der Waals surface area contributed by atoms with Crippen molar-refractivity contribution in [2.24, 2.45) is 4.99 Å². The van der Waals surface area contributed by atoms with Crippen molar-refractivity contribution in [3.05, 3.63) is 23.2 Å². The number of hydrogen-bond acceptors (Lipinski definition) is 5. The first-order chi connectivity index (χ1) is 12.4. The van der Waals surface area contributed by atoms with E-state index in [9.17, 15) is 4.79 Å². The highest BCUT2D eigenvalue weighted by Gasteiger charge is 2.21. The minimum absolute atomic E-state index is 0. The van der Waals surface area contributed by atoms with Gasteiger partial charge in [-0.3, -0.25) is 0 Å². The van der Waals surface area contributed by atoms with Gasteiger partial charge in [0.05, 0.1) is 7.11 Å². The van der Waals surface area contributed by atoms with E-state index >= 15 is 0 Å². The summed E-state index contributed by atoms with van der Waals surface area (Å²) in [4.78, 5) is 18.8. The Labute approximate surface area is 179 Å². The maximum absolute atomic E-state index is 11.7. The molecule has 0 unspecified atom stereocenters. The predicted octanol–water partition coefficient (Wildman–Crippen LogP) is 2.92. The number of methoxy groups -OCH3 is 1. The predicted molar refractivity (Wildman–Crippen MR) is 118 cm³/mol. The fourth-order valence-corrected chi connectivity index (χ4v) is 3.16. The SMILES string of the molecule is CCNC(=NCc1cc(C(=O)OC)c(C)o1)NC1CCN(C(C)C)CC1.I. The summed E-state index contributed by atoms with van der Waals surface area (Å²) in [5.74, 6) is 1.60. The van der Waals surface area contributed by atoms with Crippen molar-refractivity contribution in [2.75, 3.05) is 26.7 Å². The third-order valence-corrected chi connectivity index (χ3v) is 4.71. The van der Waals surface area contributed by atoms with Crippen molar-refractivity contribution in [3.63, 3.8) is 0 Å². The Hall–Kier alpha value is -1.29. The van der Waals surface area contributed by atoms with Crippen LogP contribution in [0.5, 0.6) is 0 Å². The molecule has 0 bridgehead atoms. The number of hydrogen-bond donors (Lipinski definition) is 2. The molecule has 8 heteroatoms. The molecule has 7 nitrogen and oxygen atoms in total. The average Bonchev–Trinajstić information content (AvgIpc) is 3.00. The van der Waals surface area contributed by atoms with Gasteiger partial charge in [0, 0.05) is 31.7 Å².